The molecule has 1 heterocycles. The number of hydrogen-bond acceptors (Lipinski definition) is 3. The van der Waals surface area contributed by atoms with Crippen molar-refractivity contribution in [2.75, 3.05) is 7.11 Å². The molecule has 4 aromatic rings. The normalized spacial score (nSPS) is 10.7. The van der Waals surface area contributed by atoms with Crippen LogP contribution in [0.5, 0.6) is 11.5 Å². The van der Waals surface area contributed by atoms with Crippen LogP contribution in [0.15, 0.2) is 72.9 Å². The van der Waals surface area contributed by atoms with Gasteiger partial charge in [-0.2, -0.15) is 0 Å². The van der Waals surface area contributed by atoms with Gasteiger partial charge in [0.15, 0.2) is 11.5 Å². The number of imidazole rings is 1. The van der Waals surface area contributed by atoms with Gasteiger partial charge >= 0.3 is 0 Å². The van der Waals surface area contributed by atoms with Gasteiger partial charge in [0.05, 0.1) is 19.0 Å². The number of H-pyrrole nitrogens is 1. The van der Waals surface area contributed by atoms with Gasteiger partial charge in [-0.25, -0.2) is 9.37 Å². The number of aromatic nitrogens is 2. The van der Waals surface area contributed by atoms with Gasteiger partial charge in [0.25, 0.3) is 0 Å². The molecule has 4 nitrogen and oxygen atoms in total. The summed E-state index contributed by atoms with van der Waals surface area (Å²) >= 11 is 5.91. The zero-order chi connectivity index (χ0) is 20.2. The molecule has 29 heavy (non-hydrogen) atoms. The third-order valence-electron chi connectivity index (χ3n) is 4.48. The first-order valence-corrected chi connectivity index (χ1v) is 9.37. The van der Waals surface area contributed by atoms with Crippen molar-refractivity contribution < 1.29 is 13.9 Å². The molecule has 0 unspecified atom stereocenters. The summed E-state index contributed by atoms with van der Waals surface area (Å²) in [7, 11) is 1.60. The molecule has 0 atom stereocenters. The molecule has 6 heteroatoms. The summed E-state index contributed by atoms with van der Waals surface area (Å²) in [4.78, 5) is 7.65. The van der Waals surface area contributed by atoms with E-state index < -0.39 is 0 Å². The van der Waals surface area contributed by atoms with Crippen LogP contribution < -0.4 is 9.47 Å². The van der Waals surface area contributed by atoms with Crippen molar-refractivity contribution in [2.45, 2.75) is 6.61 Å². The molecule has 1 aromatic heterocycles. The van der Waals surface area contributed by atoms with Gasteiger partial charge in [-0.05, 0) is 60.2 Å². The number of ether oxygens (including phenoxy) is 2. The number of halogens is 2. The van der Waals surface area contributed by atoms with Gasteiger partial charge in [0.2, 0.25) is 0 Å². The van der Waals surface area contributed by atoms with E-state index in [4.69, 9.17) is 21.1 Å². The number of nitrogens with zero attached hydrogens (tertiary/aromatic N) is 1. The number of nitrogens with one attached hydrogen (secondary N) is 1. The fourth-order valence-electron chi connectivity index (χ4n) is 2.92. The van der Waals surface area contributed by atoms with Crippen molar-refractivity contribution in [1.82, 2.24) is 9.97 Å². The van der Waals surface area contributed by atoms with Crippen LogP contribution in [0.4, 0.5) is 4.39 Å². The molecule has 4 rings (SSSR count). The summed E-state index contributed by atoms with van der Waals surface area (Å²) in [5.41, 5.74) is 3.55. The minimum atomic E-state index is -0.278. The fourth-order valence-corrected chi connectivity index (χ4v) is 3.04. The van der Waals surface area contributed by atoms with Crippen molar-refractivity contribution in [3.8, 4) is 34.1 Å². The predicted molar refractivity (Wildman–Crippen MR) is 112 cm³/mol. The molecule has 1 N–H and O–H groups in total. The number of methoxy groups -OCH3 is 1. The van der Waals surface area contributed by atoms with Crippen LogP contribution in [0.1, 0.15) is 5.56 Å². The van der Waals surface area contributed by atoms with E-state index in [1.807, 2.05) is 42.5 Å². The van der Waals surface area contributed by atoms with E-state index in [1.165, 1.54) is 12.1 Å². The Morgan fingerprint density at radius 2 is 1.66 bits per heavy atom. The minimum absolute atomic E-state index is 0.278. The standard InChI is InChI=1S/C23H18ClFN2O2/c1-28-22-12-17(6-11-21(22)29-14-15-2-7-18(24)8-3-15)20-13-26-23(27-20)16-4-9-19(25)10-5-16/h2-13H,14H2,1H3,(H,26,27). The third-order valence-corrected chi connectivity index (χ3v) is 4.73. The molecule has 0 amide bonds. The molecule has 0 aliphatic rings. The molecule has 3 aromatic carbocycles. The van der Waals surface area contributed by atoms with Crippen LogP contribution >= 0.6 is 11.6 Å². The van der Waals surface area contributed by atoms with Crippen molar-refractivity contribution in [3.63, 3.8) is 0 Å². The average molecular weight is 409 g/mol. The highest BCUT2D eigenvalue weighted by Crippen LogP contribution is 2.33. The van der Waals surface area contributed by atoms with Gasteiger partial charge in [-0.1, -0.05) is 23.7 Å². The lowest BCUT2D eigenvalue weighted by molar-refractivity contribution is 0.284. The van der Waals surface area contributed by atoms with Crippen molar-refractivity contribution in [3.05, 3.63) is 89.3 Å². The lowest BCUT2D eigenvalue weighted by Crippen LogP contribution is -1.98. The van der Waals surface area contributed by atoms with Crippen molar-refractivity contribution in [2.24, 2.45) is 0 Å². The molecule has 0 radical (unpaired) electrons. The second-order valence-corrected chi connectivity index (χ2v) is 6.87. The Bertz CT molecular complexity index is 1110. The maximum Gasteiger partial charge on any atom is 0.161 e. The summed E-state index contributed by atoms with van der Waals surface area (Å²) in [6.07, 6.45) is 1.74. The Kier molecular flexibility index (Phi) is 5.49. The van der Waals surface area contributed by atoms with Gasteiger partial charge in [0, 0.05) is 16.1 Å². The topological polar surface area (TPSA) is 47.1 Å². The van der Waals surface area contributed by atoms with E-state index in [0.717, 1.165) is 22.4 Å². The molecule has 0 aliphatic heterocycles. The number of aromatic amines is 1. The summed E-state index contributed by atoms with van der Waals surface area (Å²) in [6.45, 7) is 0.408. The van der Waals surface area contributed by atoms with Crippen LogP contribution in [0, 0.1) is 5.82 Å². The Morgan fingerprint density at radius 3 is 2.38 bits per heavy atom. The first kappa shape index (κ1) is 19.0. The van der Waals surface area contributed by atoms with Crippen LogP contribution in [0.25, 0.3) is 22.6 Å². The van der Waals surface area contributed by atoms with Crippen LogP contribution in [-0.4, -0.2) is 17.1 Å². The Hall–Kier alpha value is -3.31. The highest BCUT2D eigenvalue weighted by Gasteiger charge is 2.11. The van der Waals surface area contributed by atoms with Gasteiger partial charge in [-0.3, -0.25) is 0 Å². The molecule has 0 fully saturated rings. The zero-order valence-electron chi connectivity index (χ0n) is 15.7. The number of rotatable bonds is 6. The number of hydrogen-bond donors (Lipinski definition) is 1. The maximum atomic E-state index is 13.1. The molecule has 0 spiro atoms. The van der Waals surface area contributed by atoms with Gasteiger partial charge in [-0.15, -0.1) is 0 Å². The van der Waals surface area contributed by atoms with Gasteiger partial charge in [0.1, 0.15) is 18.2 Å². The Balaban J connectivity index is 1.53. The monoisotopic (exact) mass is 408 g/mol. The minimum Gasteiger partial charge on any atom is -0.493 e. The summed E-state index contributed by atoms with van der Waals surface area (Å²) in [5, 5.41) is 0.690. The zero-order valence-corrected chi connectivity index (χ0v) is 16.4. The smallest absolute Gasteiger partial charge is 0.161 e. The van der Waals surface area contributed by atoms with E-state index in [-0.39, 0.29) is 5.82 Å². The first-order valence-electron chi connectivity index (χ1n) is 8.99. The van der Waals surface area contributed by atoms with E-state index in [2.05, 4.69) is 9.97 Å². The molecule has 0 saturated heterocycles. The molecule has 146 valence electrons. The quantitative estimate of drug-likeness (QED) is 0.418. The summed E-state index contributed by atoms with van der Waals surface area (Å²) in [5.74, 6) is 1.65. The fraction of sp³-hybridized carbons (Fsp3) is 0.0870. The Labute approximate surface area is 172 Å². The predicted octanol–water partition coefficient (Wildman–Crippen LogP) is 6.12. The molecule has 0 bridgehead atoms. The second-order valence-electron chi connectivity index (χ2n) is 6.43. The second kappa shape index (κ2) is 8.37. The number of benzene rings is 3. The average Bonchev–Trinajstić information content (AvgIpc) is 3.24. The lowest BCUT2D eigenvalue weighted by Gasteiger charge is -2.12. The first-order chi connectivity index (χ1) is 14.1. The maximum absolute atomic E-state index is 13.1. The largest absolute Gasteiger partial charge is 0.493 e. The molecule has 0 aliphatic carbocycles. The molecular formula is C23H18ClFN2O2. The van der Waals surface area contributed by atoms with Crippen LogP contribution in [0.2, 0.25) is 5.02 Å². The highest BCUT2D eigenvalue weighted by molar-refractivity contribution is 6.30. The summed E-state index contributed by atoms with van der Waals surface area (Å²) < 4.78 is 24.5. The van der Waals surface area contributed by atoms with E-state index in [1.54, 1.807) is 25.4 Å². The highest BCUT2D eigenvalue weighted by atomic mass is 35.5. The van der Waals surface area contributed by atoms with Gasteiger partial charge < -0.3 is 14.5 Å². The Morgan fingerprint density at radius 1 is 0.931 bits per heavy atom. The molecular weight excluding hydrogens is 391 g/mol. The lowest BCUT2D eigenvalue weighted by atomic mass is 10.1. The van der Waals surface area contributed by atoms with E-state index >= 15 is 0 Å². The SMILES string of the molecule is COc1cc(-c2cnc(-c3ccc(F)cc3)[nH]2)ccc1OCc1ccc(Cl)cc1. The van der Waals surface area contributed by atoms with Crippen LogP contribution in [-0.2, 0) is 6.61 Å². The van der Waals surface area contributed by atoms with Crippen molar-refractivity contribution >= 4 is 11.6 Å². The van der Waals surface area contributed by atoms with E-state index in [9.17, 15) is 4.39 Å². The van der Waals surface area contributed by atoms with E-state index in [0.29, 0.717) is 29.0 Å². The molecule has 0 saturated carbocycles. The summed E-state index contributed by atoms with van der Waals surface area (Å²) in [6, 6.07) is 19.4. The third kappa shape index (κ3) is 4.41. The van der Waals surface area contributed by atoms with Crippen molar-refractivity contribution in [1.29, 1.82) is 0 Å². The van der Waals surface area contributed by atoms with Crippen LogP contribution in [0.3, 0.4) is 0 Å².